The minimum absolute atomic E-state index is 0.397. The van der Waals surface area contributed by atoms with Crippen LogP contribution in [-0.2, 0) is 0 Å². The van der Waals surface area contributed by atoms with Gasteiger partial charge in [0.15, 0.2) is 5.96 Å². The van der Waals surface area contributed by atoms with Gasteiger partial charge in [-0.25, -0.2) is 4.99 Å². The number of aryl methyl sites for hydroxylation is 3. The second kappa shape index (κ2) is 7.50. The average molecular weight is 297 g/mol. The van der Waals surface area contributed by atoms with E-state index in [2.05, 4.69) is 10.3 Å². The molecule has 22 heavy (non-hydrogen) atoms. The maximum absolute atomic E-state index is 5.87. The fourth-order valence-corrected chi connectivity index (χ4v) is 2.16. The first-order valence-electron chi connectivity index (χ1n) is 7.39. The van der Waals surface area contributed by atoms with Crippen molar-refractivity contribution in [2.24, 2.45) is 10.7 Å². The Balaban J connectivity index is 1.83. The zero-order valence-corrected chi connectivity index (χ0v) is 13.4. The summed E-state index contributed by atoms with van der Waals surface area (Å²) in [5.74, 6) is 1.33. The molecule has 0 aliphatic carbocycles. The molecule has 2 aromatic carbocycles. The van der Waals surface area contributed by atoms with Crippen molar-refractivity contribution in [1.29, 1.82) is 0 Å². The zero-order valence-electron chi connectivity index (χ0n) is 13.4. The number of nitrogens with one attached hydrogen (secondary N) is 1. The number of aliphatic imine (C=N–C) groups is 1. The van der Waals surface area contributed by atoms with E-state index >= 15 is 0 Å². The van der Waals surface area contributed by atoms with E-state index in [4.69, 9.17) is 10.5 Å². The molecule has 0 spiro atoms. The maximum Gasteiger partial charge on any atom is 0.193 e. The number of benzene rings is 2. The van der Waals surface area contributed by atoms with Gasteiger partial charge in [0.1, 0.15) is 12.4 Å². The number of anilines is 1. The van der Waals surface area contributed by atoms with Crippen molar-refractivity contribution >= 4 is 11.6 Å². The van der Waals surface area contributed by atoms with Crippen molar-refractivity contribution in [2.75, 3.05) is 18.5 Å². The number of para-hydroxylation sites is 1. The predicted octanol–water partition coefficient (Wildman–Crippen LogP) is 3.42. The summed E-state index contributed by atoms with van der Waals surface area (Å²) in [6.07, 6.45) is 0. The van der Waals surface area contributed by atoms with E-state index in [1.807, 2.05) is 63.2 Å². The highest BCUT2D eigenvalue weighted by atomic mass is 16.5. The molecule has 0 atom stereocenters. The van der Waals surface area contributed by atoms with Gasteiger partial charge in [-0.3, -0.25) is 0 Å². The Morgan fingerprint density at radius 2 is 1.68 bits per heavy atom. The quantitative estimate of drug-likeness (QED) is 0.505. The van der Waals surface area contributed by atoms with Crippen LogP contribution in [0.4, 0.5) is 5.69 Å². The van der Waals surface area contributed by atoms with Crippen LogP contribution in [0.5, 0.6) is 5.75 Å². The molecular weight excluding hydrogens is 274 g/mol. The van der Waals surface area contributed by atoms with E-state index in [-0.39, 0.29) is 0 Å². The molecule has 0 saturated heterocycles. The monoisotopic (exact) mass is 297 g/mol. The number of nitrogens with two attached hydrogens (primary N) is 1. The van der Waals surface area contributed by atoms with Crippen molar-refractivity contribution in [3.05, 3.63) is 59.2 Å². The van der Waals surface area contributed by atoms with Crippen molar-refractivity contribution in [3.63, 3.8) is 0 Å². The van der Waals surface area contributed by atoms with E-state index in [0.717, 1.165) is 22.6 Å². The largest absolute Gasteiger partial charge is 0.491 e. The molecule has 0 saturated carbocycles. The molecule has 4 heteroatoms. The van der Waals surface area contributed by atoms with E-state index < -0.39 is 0 Å². The maximum atomic E-state index is 5.87. The lowest BCUT2D eigenvalue weighted by molar-refractivity contribution is 0.324. The predicted molar refractivity (Wildman–Crippen MR) is 92.7 cm³/mol. The zero-order chi connectivity index (χ0) is 15.9. The van der Waals surface area contributed by atoms with E-state index in [0.29, 0.717) is 19.1 Å². The van der Waals surface area contributed by atoms with Crippen LogP contribution in [0.1, 0.15) is 16.7 Å². The first kappa shape index (κ1) is 15.9. The molecule has 3 N–H and O–H groups in total. The molecule has 2 aromatic rings. The molecule has 0 unspecified atom stereocenters. The lowest BCUT2D eigenvalue weighted by Gasteiger charge is -2.11. The van der Waals surface area contributed by atoms with Crippen molar-refractivity contribution in [1.82, 2.24) is 0 Å². The summed E-state index contributed by atoms with van der Waals surface area (Å²) in [6.45, 7) is 7.14. The molecule has 116 valence electrons. The highest BCUT2D eigenvalue weighted by molar-refractivity contribution is 5.92. The van der Waals surface area contributed by atoms with Crippen LogP contribution in [0, 0.1) is 20.8 Å². The molecule has 0 amide bonds. The molecule has 4 nitrogen and oxygen atoms in total. The van der Waals surface area contributed by atoms with Gasteiger partial charge < -0.3 is 15.8 Å². The molecule has 0 aromatic heterocycles. The van der Waals surface area contributed by atoms with E-state index in [1.165, 1.54) is 5.56 Å². The Kier molecular flexibility index (Phi) is 5.42. The Bertz CT molecular complexity index is 628. The van der Waals surface area contributed by atoms with Gasteiger partial charge in [-0.05, 0) is 44.0 Å². The molecule has 0 aliphatic rings. The third-order valence-corrected chi connectivity index (χ3v) is 3.35. The lowest BCUT2D eigenvalue weighted by atomic mass is 10.1. The van der Waals surface area contributed by atoms with Gasteiger partial charge in [0.05, 0.1) is 6.54 Å². The Morgan fingerprint density at radius 1 is 1.05 bits per heavy atom. The fraction of sp³-hybridized carbons (Fsp3) is 0.278. The smallest absolute Gasteiger partial charge is 0.193 e. The Labute approximate surface area is 132 Å². The lowest BCUT2D eigenvalue weighted by Crippen LogP contribution is -2.23. The number of hydrogen-bond donors (Lipinski definition) is 2. The first-order valence-corrected chi connectivity index (χ1v) is 7.39. The van der Waals surface area contributed by atoms with Crippen LogP contribution >= 0.6 is 0 Å². The summed E-state index contributed by atoms with van der Waals surface area (Å²) >= 11 is 0. The second-order valence-corrected chi connectivity index (χ2v) is 5.33. The number of guanidine groups is 1. The first-order chi connectivity index (χ1) is 10.6. The van der Waals surface area contributed by atoms with Crippen LogP contribution in [-0.4, -0.2) is 19.1 Å². The standard InChI is InChI=1S/C18H23N3O/c1-13-7-9-16(10-8-13)21-18(19)20-11-12-22-17-14(2)5-4-6-15(17)3/h4-10H,11-12H2,1-3H3,(H3,19,20,21). The van der Waals surface area contributed by atoms with Crippen LogP contribution < -0.4 is 15.8 Å². The Morgan fingerprint density at radius 3 is 2.32 bits per heavy atom. The van der Waals surface area contributed by atoms with Crippen molar-refractivity contribution in [2.45, 2.75) is 20.8 Å². The highest BCUT2D eigenvalue weighted by Crippen LogP contribution is 2.21. The van der Waals surface area contributed by atoms with Crippen LogP contribution in [0.25, 0.3) is 0 Å². The summed E-state index contributed by atoms with van der Waals surface area (Å²) < 4.78 is 5.79. The van der Waals surface area contributed by atoms with Gasteiger partial charge in [-0.1, -0.05) is 35.9 Å². The average Bonchev–Trinajstić information content (AvgIpc) is 2.48. The van der Waals surface area contributed by atoms with Crippen LogP contribution in [0.3, 0.4) is 0 Å². The van der Waals surface area contributed by atoms with Gasteiger partial charge in [0.2, 0.25) is 0 Å². The summed E-state index contributed by atoms with van der Waals surface area (Å²) in [5.41, 5.74) is 10.3. The van der Waals surface area contributed by atoms with Gasteiger partial charge in [0.25, 0.3) is 0 Å². The fourth-order valence-electron chi connectivity index (χ4n) is 2.16. The summed E-state index contributed by atoms with van der Waals surface area (Å²) in [6, 6.07) is 14.1. The Hall–Kier alpha value is -2.49. The van der Waals surface area contributed by atoms with Gasteiger partial charge in [0, 0.05) is 5.69 Å². The molecular formula is C18H23N3O. The van der Waals surface area contributed by atoms with Crippen molar-refractivity contribution in [3.8, 4) is 5.75 Å². The third kappa shape index (κ3) is 4.52. The summed E-state index contributed by atoms with van der Waals surface area (Å²) in [7, 11) is 0. The van der Waals surface area contributed by atoms with Crippen molar-refractivity contribution < 1.29 is 4.74 Å². The van der Waals surface area contributed by atoms with Crippen LogP contribution in [0.15, 0.2) is 47.5 Å². The molecule has 0 bridgehead atoms. The molecule has 0 aliphatic heterocycles. The van der Waals surface area contributed by atoms with E-state index in [1.54, 1.807) is 0 Å². The SMILES string of the molecule is Cc1ccc(NC(N)=NCCOc2c(C)cccc2C)cc1. The van der Waals surface area contributed by atoms with E-state index in [9.17, 15) is 0 Å². The summed E-state index contributed by atoms with van der Waals surface area (Å²) in [5, 5.41) is 3.06. The second-order valence-electron chi connectivity index (χ2n) is 5.33. The molecule has 2 rings (SSSR count). The molecule has 0 fully saturated rings. The number of ether oxygens (including phenoxy) is 1. The topological polar surface area (TPSA) is 59.6 Å². The number of hydrogen-bond acceptors (Lipinski definition) is 2. The van der Waals surface area contributed by atoms with Gasteiger partial charge in [-0.2, -0.15) is 0 Å². The molecule has 0 radical (unpaired) electrons. The number of rotatable bonds is 5. The third-order valence-electron chi connectivity index (χ3n) is 3.35. The number of nitrogens with zero attached hydrogens (tertiary/aromatic N) is 1. The van der Waals surface area contributed by atoms with Gasteiger partial charge in [-0.15, -0.1) is 0 Å². The normalized spacial score (nSPS) is 11.3. The summed E-state index contributed by atoms with van der Waals surface area (Å²) in [4.78, 5) is 4.27. The highest BCUT2D eigenvalue weighted by Gasteiger charge is 2.02. The minimum atomic E-state index is 0.397. The van der Waals surface area contributed by atoms with Gasteiger partial charge >= 0.3 is 0 Å². The minimum Gasteiger partial charge on any atom is -0.491 e. The van der Waals surface area contributed by atoms with Crippen LogP contribution in [0.2, 0.25) is 0 Å². The molecule has 0 heterocycles.